The highest BCUT2D eigenvalue weighted by molar-refractivity contribution is 7.89. The first-order valence-electron chi connectivity index (χ1n) is 13.7. The van der Waals surface area contributed by atoms with Crippen molar-refractivity contribution in [1.29, 1.82) is 0 Å². The summed E-state index contributed by atoms with van der Waals surface area (Å²) in [5.74, 6) is -0.815. The summed E-state index contributed by atoms with van der Waals surface area (Å²) in [7, 11) is -3.59. The number of hydrogen-bond donors (Lipinski definition) is 0. The molecule has 5 rings (SSSR count). The fourth-order valence-electron chi connectivity index (χ4n) is 5.23. The molecule has 2 heterocycles. The second-order valence-corrected chi connectivity index (χ2v) is 12.2. The van der Waals surface area contributed by atoms with Crippen molar-refractivity contribution >= 4 is 33.4 Å². The van der Waals surface area contributed by atoms with Gasteiger partial charge in [-0.25, -0.2) is 8.42 Å². The summed E-state index contributed by atoms with van der Waals surface area (Å²) in [6, 6.07) is 20.6. The standard InChI is InChI=1S/C31H33N3O5S/c1-23-11-15-25(16-12-23)33(21-7-8-22-34-30(36)27-9-3-4-10-28(27)31(34)37)29(35)24-13-17-26(18-14-24)40(38,39)32-19-5-2-6-20-32/h3-4,9-18H,2,5-8,19-22H2,1H3. The second kappa shape index (κ2) is 11.7. The van der Waals surface area contributed by atoms with E-state index < -0.39 is 10.0 Å². The van der Waals surface area contributed by atoms with Gasteiger partial charge < -0.3 is 4.90 Å². The highest BCUT2D eigenvalue weighted by atomic mass is 32.2. The van der Waals surface area contributed by atoms with Gasteiger partial charge >= 0.3 is 0 Å². The zero-order chi connectivity index (χ0) is 28.3. The Morgan fingerprint density at radius 3 is 2.00 bits per heavy atom. The fourth-order valence-corrected chi connectivity index (χ4v) is 6.75. The number of unbranched alkanes of at least 4 members (excludes halogenated alkanes) is 1. The third-order valence-corrected chi connectivity index (χ3v) is 9.45. The molecule has 2 aliphatic heterocycles. The van der Waals surface area contributed by atoms with E-state index in [0.29, 0.717) is 49.2 Å². The van der Waals surface area contributed by atoms with Crippen molar-refractivity contribution in [3.8, 4) is 0 Å². The van der Waals surface area contributed by atoms with Gasteiger partial charge in [0, 0.05) is 37.4 Å². The quantitative estimate of drug-likeness (QED) is 0.275. The molecule has 9 heteroatoms. The van der Waals surface area contributed by atoms with E-state index in [2.05, 4.69) is 0 Å². The Morgan fingerprint density at radius 1 is 0.800 bits per heavy atom. The third-order valence-electron chi connectivity index (χ3n) is 7.54. The van der Waals surface area contributed by atoms with Crippen LogP contribution in [0.1, 0.15) is 68.7 Å². The molecule has 0 unspecified atom stereocenters. The summed E-state index contributed by atoms with van der Waals surface area (Å²) in [5, 5.41) is 0. The predicted molar refractivity (Wildman–Crippen MR) is 153 cm³/mol. The summed E-state index contributed by atoms with van der Waals surface area (Å²) in [4.78, 5) is 42.1. The lowest BCUT2D eigenvalue weighted by Gasteiger charge is -2.26. The van der Waals surface area contributed by atoms with Crippen molar-refractivity contribution in [2.45, 2.75) is 43.9 Å². The van der Waals surface area contributed by atoms with Crippen molar-refractivity contribution in [1.82, 2.24) is 9.21 Å². The van der Waals surface area contributed by atoms with Crippen LogP contribution in [0.15, 0.2) is 77.7 Å². The van der Waals surface area contributed by atoms with Crippen LogP contribution < -0.4 is 4.90 Å². The maximum Gasteiger partial charge on any atom is 0.261 e. The number of sulfonamides is 1. The number of aryl methyl sites for hydroxylation is 1. The smallest absolute Gasteiger partial charge is 0.261 e. The van der Waals surface area contributed by atoms with E-state index in [9.17, 15) is 22.8 Å². The van der Waals surface area contributed by atoms with Crippen LogP contribution in [0.25, 0.3) is 0 Å². The Balaban J connectivity index is 1.27. The summed E-state index contributed by atoms with van der Waals surface area (Å²) in [5.41, 5.74) is 3.03. The van der Waals surface area contributed by atoms with E-state index in [-0.39, 0.29) is 29.2 Å². The van der Waals surface area contributed by atoms with Crippen molar-refractivity contribution < 1.29 is 22.8 Å². The zero-order valence-electron chi connectivity index (χ0n) is 22.6. The van der Waals surface area contributed by atoms with Gasteiger partial charge in [-0.15, -0.1) is 0 Å². The first-order chi connectivity index (χ1) is 19.3. The Kier molecular flexibility index (Phi) is 8.14. The Bertz CT molecular complexity index is 1480. The highest BCUT2D eigenvalue weighted by Crippen LogP contribution is 2.25. The minimum atomic E-state index is -3.59. The lowest BCUT2D eigenvalue weighted by molar-refractivity contribution is 0.0651. The molecule has 0 aliphatic carbocycles. The van der Waals surface area contributed by atoms with Crippen molar-refractivity contribution in [2.75, 3.05) is 31.1 Å². The molecule has 0 spiro atoms. The van der Waals surface area contributed by atoms with Crippen LogP contribution in [-0.4, -0.2) is 61.5 Å². The molecule has 0 atom stereocenters. The molecule has 0 radical (unpaired) electrons. The summed E-state index contributed by atoms with van der Waals surface area (Å²) < 4.78 is 27.6. The first kappa shape index (κ1) is 27.7. The van der Waals surface area contributed by atoms with Gasteiger partial charge in [0.2, 0.25) is 10.0 Å². The normalized spacial score (nSPS) is 15.8. The van der Waals surface area contributed by atoms with E-state index in [1.54, 1.807) is 41.3 Å². The molecule has 3 aromatic rings. The molecular weight excluding hydrogens is 526 g/mol. The van der Waals surface area contributed by atoms with Crippen molar-refractivity contribution in [3.63, 3.8) is 0 Å². The number of hydrogen-bond acceptors (Lipinski definition) is 5. The van der Waals surface area contributed by atoms with Crippen molar-refractivity contribution in [3.05, 3.63) is 95.1 Å². The van der Waals surface area contributed by atoms with E-state index in [4.69, 9.17) is 0 Å². The van der Waals surface area contributed by atoms with Crippen LogP contribution in [0, 0.1) is 6.92 Å². The van der Waals surface area contributed by atoms with Gasteiger partial charge in [-0.3, -0.25) is 19.3 Å². The van der Waals surface area contributed by atoms with Crippen LogP contribution in [0.2, 0.25) is 0 Å². The topological polar surface area (TPSA) is 95.1 Å². The molecule has 208 valence electrons. The number of amides is 3. The maximum absolute atomic E-state index is 13.6. The monoisotopic (exact) mass is 559 g/mol. The zero-order valence-corrected chi connectivity index (χ0v) is 23.4. The van der Waals surface area contributed by atoms with E-state index in [1.807, 2.05) is 31.2 Å². The SMILES string of the molecule is Cc1ccc(N(CCCCN2C(=O)c3ccccc3C2=O)C(=O)c2ccc(S(=O)(=O)N3CCCCC3)cc2)cc1. The minimum absolute atomic E-state index is 0.189. The Hall–Kier alpha value is -3.82. The summed E-state index contributed by atoms with van der Waals surface area (Å²) >= 11 is 0. The van der Waals surface area contributed by atoms with Gasteiger partial charge in [0.1, 0.15) is 0 Å². The van der Waals surface area contributed by atoms with E-state index in [1.165, 1.54) is 21.3 Å². The highest BCUT2D eigenvalue weighted by Gasteiger charge is 2.34. The Morgan fingerprint density at radius 2 is 1.40 bits per heavy atom. The van der Waals surface area contributed by atoms with E-state index in [0.717, 1.165) is 30.5 Å². The molecule has 1 fully saturated rings. The average molecular weight is 560 g/mol. The van der Waals surface area contributed by atoms with Gasteiger partial charge in [-0.05, 0) is 81.1 Å². The van der Waals surface area contributed by atoms with Crippen LogP contribution in [0.4, 0.5) is 5.69 Å². The Labute approximate surface area is 235 Å². The average Bonchev–Trinajstić information content (AvgIpc) is 3.23. The molecule has 1 saturated heterocycles. The molecule has 2 aliphatic rings. The number of piperidine rings is 1. The minimum Gasteiger partial charge on any atom is -0.308 e. The van der Waals surface area contributed by atoms with E-state index >= 15 is 0 Å². The molecule has 0 N–H and O–H groups in total. The maximum atomic E-state index is 13.6. The third kappa shape index (κ3) is 5.57. The molecule has 0 bridgehead atoms. The number of carbonyl (C=O) groups excluding carboxylic acids is 3. The molecule has 3 aromatic carbocycles. The number of rotatable bonds is 9. The van der Waals surface area contributed by atoms with Gasteiger partial charge in [-0.2, -0.15) is 4.31 Å². The molecule has 3 amide bonds. The molecule has 8 nitrogen and oxygen atoms in total. The number of benzene rings is 3. The number of anilines is 1. The van der Waals surface area contributed by atoms with Gasteiger partial charge in [0.15, 0.2) is 0 Å². The second-order valence-electron chi connectivity index (χ2n) is 10.3. The number of fused-ring (bicyclic) bond motifs is 1. The number of nitrogens with zero attached hydrogens (tertiary/aromatic N) is 3. The van der Waals surface area contributed by atoms with Gasteiger partial charge in [0.25, 0.3) is 17.7 Å². The molecule has 0 aromatic heterocycles. The van der Waals surface area contributed by atoms with Crippen LogP contribution in [-0.2, 0) is 10.0 Å². The van der Waals surface area contributed by atoms with Gasteiger partial charge in [0.05, 0.1) is 16.0 Å². The number of imide groups is 1. The molecular formula is C31H33N3O5S. The fraction of sp³-hybridized carbons (Fsp3) is 0.323. The summed E-state index contributed by atoms with van der Waals surface area (Å²) in [6.45, 7) is 3.65. The molecule has 0 saturated carbocycles. The number of carbonyl (C=O) groups is 3. The predicted octanol–water partition coefficient (Wildman–Crippen LogP) is 4.89. The first-order valence-corrected chi connectivity index (χ1v) is 15.2. The summed E-state index contributed by atoms with van der Waals surface area (Å²) in [6.07, 6.45) is 3.85. The van der Waals surface area contributed by atoms with Crippen LogP contribution in [0.5, 0.6) is 0 Å². The largest absolute Gasteiger partial charge is 0.308 e. The van der Waals surface area contributed by atoms with Crippen LogP contribution in [0.3, 0.4) is 0 Å². The van der Waals surface area contributed by atoms with Gasteiger partial charge in [-0.1, -0.05) is 36.2 Å². The van der Waals surface area contributed by atoms with Crippen molar-refractivity contribution in [2.24, 2.45) is 0 Å². The lowest BCUT2D eigenvalue weighted by atomic mass is 10.1. The lowest BCUT2D eigenvalue weighted by Crippen LogP contribution is -2.35. The van der Waals surface area contributed by atoms with Crippen LogP contribution >= 0.6 is 0 Å². The molecule has 40 heavy (non-hydrogen) atoms.